The smallest absolute Gasteiger partial charge is 0.260 e. The van der Waals surface area contributed by atoms with Crippen molar-refractivity contribution in [2.45, 2.75) is 17.9 Å². The van der Waals surface area contributed by atoms with Crippen LogP contribution in [-0.2, 0) is 10.0 Å². The third-order valence-electron chi connectivity index (χ3n) is 5.70. The third kappa shape index (κ3) is 3.32. The van der Waals surface area contributed by atoms with Crippen molar-refractivity contribution in [3.05, 3.63) is 37.1 Å². The molecule has 0 saturated carbocycles. The van der Waals surface area contributed by atoms with Crippen LogP contribution in [0, 0.1) is 0 Å². The van der Waals surface area contributed by atoms with Crippen LogP contribution < -0.4 is 9.80 Å². The Kier molecular flexibility index (Phi) is 4.59. The number of hydrogen-bond donors (Lipinski definition) is 1. The van der Waals surface area contributed by atoms with Crippen LogP contribution in [0.2, 0.25) is 0 Å². The molecule has 3 aromatic rings. The average Bonchev–Trinajstić information content (AvgIpc) is 3.47. The minimum absolute atomic E-state index is 0.143. The number of aromatic nitrogens is 4. The average molecular weight is 414 g/mol. The number of imidazole rings is 1. The molecule has 0 radical (unpaired) electrons. The first-order chi connectivity index (χ1) is 14.1. The molecule has 4 heterocycles. The summed E-state index contributed by atoms with van der Waals surface area (Å²) in [7, 11) is -3.51. The highest BCUT2D eigenvalue weighted by Crippen LogP contribution is 2.30. The maximum Gasteiger partial charge on any atom is 0.260 e. The van der Waals surface area contributed by atoms with Gasteiger partial charge in [0.05, 0.1) is 18.0 Å². The van der Waals surface area contributed by atoms with Crippen LogP contribution in [0.4, 0.5) is 11.5 Å². The molecule has 0 atom stereocenters. The van der Waals surface area contributed by atoms with Gasteiger partial charge < -0.3 is 14.8 Å². The highest BCUT2D eigenvalue weighted by atomic mass is 32.2. The molecule has 2 fully saturated rings. The molecule has 0 amide bonds. The summed E-state index contributed by atoms with van der Waals surface area (Å²) >= 11 is 0. The van der Waals surface area contributed by atoms with Crippen molar-refractivity contribution in [1.82, 2.24) is 24.2 Å². The molecule has 2 aromatic heterocycles. The number of rotatable bonds is 4. The molecule has 9 nitrogen and oxygen atoms in total. The van der Waals surface area contributed by atoms with Crippen molar-refractivity contribution in [2.24, 2.45) is 0 Å². The van der Waals surface area contributed by atoms with E-state index in [0.717, 1.165) is 35.5 Å². The van der Waals surface area contributed by atoms with E-state index in [1.165, 1.54) is 29.7 Å². The number of nitrogens with zero attached hydrogens (tertiary/aromatic N) is 6. The molecule has 0 spiro atoms. The molecule has 5 rings (SSSR count). The molecule has 2 saturated heterocycles. The lowest BCUT2D eigenvalue weighted by Gasteiger charge is -2.35. The standard InChI is InChI=1S/C19H23N7O2S/c27-29(28,18-12-20-13-22-18)26-9-7-24(8-10-26)15-3-4-17-16(11-15)19(23-14-21-17)25-5-1-2-6-25/h3-4,11-14H,1-2,5-10H2,(H,20,22). The number of aromatic amines is 1. The Morgan fingerprint density at radius 1 is 0.931 bits per heavy atom. The fourth-order valence-corrected chi connectivity index (χ4v) is 5.44. The Balaban J connectivity index is 1.37. The van der Waals surface area contributed by atoms with Crippen LogP contribution in [-0.4, -0.2) is 71.9 Å². The van der Waals surface area contributed by atoms with Gasteiger partial charge in [0, 0.05) is 50.3 Å². The predicted molar refractivity (Wildman–Crippen MR) is 111 cm³/mol. The van der Waals surface area contributed by atoms with Crippen molar-refractivity contribution in [1.29, 1.82) is 0 Å². The van der Waals surface area contributed by atoms with Gasteiger partial charge in [-0.1, -0.05) is 0 Å². The fourth-order valence-electron chi connectivity index (χ4n) is 4.12. The zero-order valence-electron chi connectivity index (χ0n) is 16.0. The van der Waals surface area contributed by atoms with E-state index in [4.69, 9.17) is 0 Å². The number of fused-ring (bicyclic) bond motifs is 1. The zero-order valence-corrected chi connectivity index (χ0v) is 16.8. The number of sulfonamides is 1. The monoisotopic (exact) mass is 413 g/mol. The van der Waals surface area contributed by atoms with Gasteiger partial charge in [0.1, 0.15) is 12.1 Å². The molecule has 152 valence electrons. The second kappa shape index (κ2) is 7.27. The summed E-state index contributed by atoms with van der Waals surface area (Å²) in [6.45, 7) is 4.19. The van der Waals surface area contributed by atoms with Crippen LogP contribution in [0.3, 0.4) is 0 Å². The van der Waals surface area contributed by atoms with Crippen molar-refractivity contribution < 1.29 is 8.42 Å². The number of piperazine rings is 1. The molecule has 0 aliphatic carbocycles. The zero-order chi connectivity index (χ0) is 19.8. The van der Waals surface area contributed by atoms with Crippen LogP contribution in [0.5, 0.6) is 0 Å². The first-order valence-corrected chi connectivity index (χ1v) is 11.3. The van der Waals surface area contributed by atoms with E-state index >= 15 is 0 Å². The molecule has 1 aromatic carbocycles. The SMILES string of the molecule is O=S(=O)(c1cnc[nH]1)N1CCN(c2ccc3ncnc(N4CCCC4)c3c2)CC1. The number of nitrogens with one attached hydrogen (secondary N) is 1. The Bertz CT molecular complexity index is 1100. The highest BCUT2D eigenvalue weighted by molar-refractivity contribution is 7.89. The van der Waals surface area contributed by atoms with Gasteiger partial charge in [-0.3, -0.25) is 0 Å². The topological polar surface area (TPSA) is 98.3 Å². The van der Waals surface area contributed by atoms with Gasteiger partial charge in [-0.25, -0.2) is 23.4 Å². The van der Waals surface area contributed by atoms with Gasteiger partial charge in [-0.2, -0.15) is 4.31 Å². The van der Waals surface area contributed by atoms with E-state index in [1.807, 2.05) is 6.07 Å². The highest BCUT2D eigenvalue weighted by Gasteiger charge is 2.29. The van der Waals surface area contributed by atoms with Crippen molar-refractivity contribution >= 4 is 32.4 Å². The second-order valence-electron chi connectivity index (χ2n) is 7.40. The first kappa shape index (κ1) is 18.3. The summed E-state index contributed by atoms with van der Waals surface area (Å²) in [6, 6.07) is 6.23. The lowest BCUT2D eigenvalue weighted by molar-refractivity contribution is 0.383. The summed E-state index contributed by atoms with van der Waals surface area (Å²) in [5, 5.41) is 1.20. The summed E-state index contributed by atoms with van der Waals surface area (Å²) in [4.78, 5) is 20.0. The van der Waals surface area contributed by atoms with E-state index in [9.17, 15) is 8.42 Å². The summed E-state index contributed by atoms with van der Waals surface area (Å²) in [5.41, 5.74) is 2.01. The number of anilines is 2. The van der Waals surface area contributed by atoms with E-state index in [2.05, 4.69) is 41.9 Å². The maximum absolute atomic E-state index is 12.7. The van der Waals surface area contributed by atoms with E-state index < -0.39 is 10.0 Å². The number of benzene rings is 1. The van der Waals surface area contributed by atoms with Gasteiger partial charge in [-0.05, 0) is 31.0 Å². The summed E-state index contributed by atoms with van der Waals surface area (Å²) in [5.74, 6) is 0.995. The van der Waals surface area contributed by atoms with Crippen molar-refractivity contribution in [3.63, 3.8) is 0 Å². The van der Waals surface area contributed by atoms with Gasteiger partial charge in [-0.15, -0.1) is 0 Å². The van der Waals surface area contributed by atoms with Crippen LogP contribution in [0.25, 0.3) is 10.9 Å². The molecular weight excluding hydrogens is 390 g/mol. The number of H-pyrrole nitrogens is 1. The third-order valence-corrected chi connectivity index (χ3v) is 7.52. The normalized spacial score (nSPS) is 18.6. The molecule has 2 aliphatic heterocycles. The molecule has 0 unspecified atom stereocenters. The Labute approximate surface area is 169 Å². The minimum atomic E-state index is -3.51. The fraction of sp³-hybridized carbons (Fsp3) is 0.421. The minimum Gasteiger partial charge on any atom is -0.369 e. The van der Waals surface area contributed by atoms with Gasteiger partial charge in [0.15, 0.2) is 5.03 Å². The van der Waals surface area contributed by atoms with Gasteiger partial charge in [0.25, 0.3) is 10.0 Å². The van der Waals surface area contributed by atoms with Crippen molar-refractivity contribution in [2.75, 3.05) is 49.1 Å². The molecule has 0 bridgehead atoms. The van der Waals surface area contributed by atoms with Crippen LogP contribution in [0.1, 0.15) is 12.8 Å². The Morgan fingerprint density at radius 2 is 1.72 bits per heavy atom. The van der Waals surface area contributed by atoms with Crippen molar-refractivity contribution in [3.8, 4) is 0 Å². The lowest BCUT2D eigenvalue weighted by Crippen LogP contribution is -2.48. The molecule has 10 heteroatoms. The largest absolute Gasteiger partial charge is 0.369 e. The molecule has 2 aliphatic rings. The molecule has 29 heavy (non-hydrogen) atoms. The number of hydrogen-bond acceptors (Lipinski definition) is 7. The molecule has 1 N–H and O–H groups in total. The summed E-state index contributed by atoms with van der Waals surface area (Å²) < 4.78 is 26.9. The van der Waals surface area contributed by atoms with E-state index in [-0.39, 0.29) is 5.03 Å². The predicted octanol–water partition coefficient (Wildman–Crippen LogP) is 1.46. The Morgan fingerprint density at radius 3 is 2.45 bits per heavy atom. The lowest BCUT2D eigenvalue weighted by atomic mass is 10.1. The first-order valence-electron chi connectivity index (χ1n) is 9.86. The van der Waals surface area contributed by atoms with Crippen LogP contribution >= 0.6 is 0 Å². The maximum atomic E-state index is 12.7. The van der Waals surface area contributed by atoms with Gasteiger partial charge in [0.2, 0.25) is 0 Å². The Hall–Kier alpha value is -2.72. The summed E-state index contributed by atoms with van der Waals surface area (Å²) in [6.07, 6.45) is 6.76. The van der Waals surface area contributed by atoms with E-state index in [1.54, 1.807) is 6.33 Å². The quantitative estimate of drug-likeness (QED) is 0.691. The van der Waals surface area contributed by atoms with Gasteiger partial charge >= 0.3 is 0 Å². The van der Waals surface area contributed by atoms with E-state index in [0.29, 0.717) is 26.2 Å². The van der Waals surface area contributed by atoms with Crippen LogP contribution in [0.15, 0.2) is 42.1 Å². The molecular formula is C19H23N7O2S. The second-order valence-corrected chi connectivity index (χ2v) is 9.31.